The highest BCUT2D eigenvalue weighted by Crippen LogP contribution is 2.42. The van der Waals surface area contributed by atoms with Crippen LogP contribution in [0.1, 0.15) is 44.4 Å². The van der Waals surface area contributed by atoms with E-state index in [9.17, 15) is 24.8 Å². The number of likely N-dealkylation sites (tertiary alicyclic amines) is 1. The highest BCUT2D eigenvalue weighted by atomic mass is 16.6. The summed E-state index contributed by atoms with van der Waals surface area (Å²) >= 11 is 0. The molecule has 0 spiro atoms. The number of hydrogen-bond acceptors (Lipinski definition) is 7. The lowest BCUT2D eigenvalue weighted by Gasteiger charge is -2.25. The number of para-hydroxylation sites is 1. The first-order valence-corrected chi connectivity index (χ1v) is 11.1. The number of carbonyl (C=O) groups is 2. The van der Waals surface area contributed by atoms with Gasteiger partial charge in [-0.2, -0.15) is 0 Å². The Morgan fingerprint density at radius 2 is 1.82 bits per heavy atom. The third-order valence-electron chi connectivity index (χ3n) is 5.40. The van der Waals surface area contributed by atoms with Crippen molar-refractivity contribution in [2.45, 2.75) is 39.3 Å². The molecule has 2 aromatic carbocycles. The number of nitro groups is 1. The Balaban J connectivity index is 2.09. The van der Waals surface area contributed by atoms with Crippen molar-refractivity contribution in [2.24, 2.45) is 0 Å². The summed E-state index contributed by atoms with van der Waals surface area (Å²) in [6.45, 7) is 6.56. The number of rotatable bonds is 10. The number of nitro benzene ring substituents is 1. The molecule has 0 bridgehead atoms. The van der Waals surface area contributed by atoms with Gasteiger partial charge in [0.25, 0.3) is 17.4 Å². The number of aliphatic hydroxyl groups is 1. The molecular weight excluding hydrogens is 440 g/mol. The van der Waals surface area contributed by atoms with Crippen LogP contribution in [0.2, 0.25) is 0 Å². The normalized spacial score (nSPS) is 17.4. The Morgan fingerprint density at radius 3 is 2.44 bits per heavy atom. The maximum Gasteiger partial charge on any atom is 0.295 e. The van der Waals surface area contributed by atoms with Crippen LogP contribution in [0.25, 0.3) is 5.76 Å². The van der Waals surface area contributed by atoms with Gasteiger partial charge in [0.2, 0.25) is 0 Å². The van der Waals surface area contributed by atoms with Crippen LogP contribution in [0.15, 0.2) is 54.1 Å². The summed E-state index contributed by atoms with van der Waals surface area (Å²) in [6, 6.07) is 11.2. The molecule has 1 aliphatic heterocycles. The molecule has 3 rings (SSSR count). The van der Waals surface area contributed by atoms with Gasteiger partial charge in [-0.3, -0.25) is 19.7 Å². The number of hydrogen-bond donors (Lipinski definition) is 1. The Hall–Kier alpha value is -3.72. The molecule has 1 fully saturated rings. The van der Waals surface area contributed by atoms with Gasteiger partial charge >= 0.3 is 0 Å². The monoisotopic (exact) mass is 468 g/mol. The molecule has 0 saturated carbocycles. The van der Waals surface area contributed by atoms with Crippen LogP contribution in [0.5, 0.6) is 5.75 Å². The summed E-state index contributed by atoms with van der Waals surface area (Å²) in [6.07, 6.45) is 0.423. The van der Waals surface area contributed by atoms with Crippen molar-refractivity contribution >= 4 is 23.1 Å². The first kappa shape index (κ1) is 24.9. The van der Waals surface area contributed by atoms with Crippen LogP contribution in [-0.4, -0.2) is 52.5 Å². The third kappa shape index (κ3) is 5.26. The van der Waals surface area contributed by atoms with E-state index >= 15 is 0 Å². The molecule has 180 valence electrons. The van der Waals surface area contributed by atoms with Crippen LogP contribution < -0.4 is 4.74 Å². The van der Waals surface area contributed by atoms with Gasteiger partial charge in [-0.1, -0.05) is 12.1 Å². The molecule has 9 heteroatoms. The fourth-order valence-electron chi connectivity index (χ4n) is 3.90. The standard InChI is InChI=1S/C25H28N2O7/c1-4-33-18-12-10-17(11-13-18)23(28)21-22(19-8-5-6-9-20(19)27(31)32)26(25(30)24(21)29)14-7-15-34-16(2)3/h5-6,8-13,16,22,28H,4,7,14-15H2,1-3H3. The molecule has 1 N–H and O–H groups in total. The Labute approximate surface area is 197 Å². The highest BCUT2D eigenvalue weighted by molar-refractivity contribution is 6.46. The van der Waals surface area contributed by atoms with E-state index in [1.54, 1.807) is 30.3 Å². The van der Waals surface area contributed by atoms with Gasteiger partial charge in [-0.25, -0.2) is 0 Å². The molecule has 1 amide bonds. The quantitative estimate of drug-likeness (QED) is 0.138. The van der Waals surface area contributed by atoms with Crippen molar-refractivity contribution in [3.63, 3.8) is 0 Å². The molecule has 9 nitrogen and oxygen atoms in total. The van der Waals surface area contributed by atoms with Crippen molar-refractivity contribution in [1.82, 2.24) is 4.90 Å². The number of amides is 1. The minimum absolute atomic E-state index is 0.00100. The van der Waals surface area contributed by atoms with Gasteiger partial charge in [0.1, 0.15) is 11.5 Å². The minimum Gasteiger partial charge on any atom is -0.507 e. The molecule has 1 aliphatic rings. The minimum atomic E-state index is -1.10. The van der Waals surface area contributed by atoms with E-state index in [0.29, 0.717) is 30.9 Å². The molecule has 0 aliphatic carbocycles. The SMILES string of the molecule is CCOc1ccc(C(O)=C2C(=O)C(=O)N(CCCOC(C)C)C2c2ccccc2[N+](=O)[O-])cc1. The van der Waals surface area contributed by atoms with Crippen molar-refractivity contribution in [1.29, 1.82) is 0 Å². The van der Waals surface area contributed by atoms with Gasteiger partial charge in [0, 0.05) is 24.8 Å². The second kappa shape index (κ2) is 10.9. The van der Waals surface area contributed by atoms with Crippen molar-refractivity contribution in [2.75, 3.05) is 19.8 Å². The second-order valence-corrected chi connectivity index (χ2v) is 8.04. The van der Waals surface area contributed by atoms with E-state index in [2.05, 4.69) is 0 Å². The lowest BCUT2D eigenvalue weighted by molar-refractivity contribution is -0.385. The van der Waals surface area contributed by atoms with Gasteiger partial charge in [0.05, 0.1) is 34.8 Å². The van der Waals surface area contributed by atoms with Crippen molar-refractivity contribution in [3.05, 3.63) is 75.3 Å². The van der Waals surface area contributed by atoms with E-state index in [4.69, 9.17) is 9.47 Å². The summed E-state index contributed by atoms with van der Waals surface area (Å²) in [5.41, 5.74) is 0.0285. The number of ketones is 1. The first-order valence-electron chi connectivity index (χ1n) is 11.1. The summed E-state index contributed by atoms with van der Waals surface area (Å²) in [5.74, 6) is -1.52. The van der Waals surface area contributed by atoms with Gasteiger partial charge < -0.3 is 19.5 Å². The molecule has 1 unspecified atom stereocenters. The van der Waals surface area contributed by atoms with Gasteiger partial charge in [0.15, 0.2) is 0 Å². The number of carbonyl (C=O) groups excluding carboxylic acids is 2. The number of ether oxygens (including phenoxy) is 2. The highest BCUT2D eigenvalue weighted by Gasteiger charge is 2.47. The lowest BCUT2D eigenvalue weighted by Crippen LogP contribution is -2.31. The zero-order chi connectivity index (χ0) is 24.8. The van der Waals surface area contributed by atoms with Crippen LogP contribution in [0.4, 0.5) is 5.69 Å². The maximum absolute atomic E-state index is 13.1. The summed E-state index contributed by atoms with van der Waals surface area (Å²) in [5, 5.41) is 22.8. The first-order chi connectivity index (χ1) is 16.3. The zero-order valence-electron chi connectivity index (χ0n) is 19.4. The lowest BCUT2D eigenvalue weighted by atomic mass is 9.94. The third-order valence-corrected chi connectivity index (χ3v) is 5.40. The fourth-order valence-corrected chi connectivity index (χ4v) is 3.90. The van der Waals surface area contributed by atoms with Crippen molar-refractivity contribution < 1.29 is 29.1 Å². The Morgan fingerprint density at radius 1 is 1.15 bits per heavy atom. The van der Waals surface area contributed by atoms with E-state index < -0.39 is 28.4 Å². The number of Topliss-reactive ketones (excluding diaryl/α,β-unsaturated/α-hetero) is 1. The van der Waals surface area contributed by atoms with E-state index in [0.717, 1.165) is 0 Å². The number of benzene rings is 2. The Bertz CT molecular complexity index is 1090. The summed E-state index contributed by atoms with van der Waals surface area (Å²) < 4.78 is 10.9. The summed E-state index contributed by atoms with van der Waals surface area (Å²) in [4.78, 5) is 38.5. The molecule has 1 heterocycles. The fraction of sp³-hybridized carbons (Fsp3) is 0.360. The van der Waals surface area contributed by atoms with E-state index in [1.807, 2.05) is 20.8 Å². The van der Waals surface area contributed by atoms with Crippen LogP contribution in [-0.2, 0) is 14.3 Å². The topological polar surface area (TPSA) is 119 Å². The van der Waals surface area contributed by atoms with Gasteiger partial charge in [-0.15, -0.1) is 0 Å². The van der Waals surface area contributed by atoms with Crippen LogP contribution in [0.3, 0.4) is 0 Å². The average molecular weight is 469 g/mol. The smallest absolute Gasteiger partial charge is 0.295 e. The van der Waals surface area contributed by atoms with Crippen LogP contribution in [0, 0.1) is 10.1 Å². The summed E-state index contributed by atoms with van der Waals surface area (Å²) in [7, 11) is 0. The average Bonchev–Trinajstić information content (AvgIpc) is 3.06. The molecule has 1 atom stereocenters. The van der Waals surface area contributed by atoms with Crippen molar-refractivity contribution in [3.8, 4) is 5.75 Å². The largest absolute Gasteiger partial charge is 0.507 e. The number of nitrogens with zero attached hydrogens (tertiary/aromatic N) is 2. The Kier molecular flexibility index (Phi) is 8.01. The molecule has 34 heavy (non-hydrogen) atoms. The maximum atomic E-state index is 13.1. The van der Waals surface area contributed by atoms with Gasteiger partial charge in [-0.05, 0) is 57.5 Å². The molecule has 0 radical (unpaired) electrons. The molecular formula is C25H28N2O7. The van der Waals surface area contributed by atoms with Crippen LogP contribution >= 0.6 is 0 Å². The molecule has 1 saturated heterocycles. The predicted octanol–water partition coefficient (Wildman–Crippen LogP) is 4.23. The predicted molar refractivity (Wildman–Crippen MR) is 125 cm³/mol. The second-order valence-electron chi connectivity index (χ2n) is 8.04. The zero-order valence-corrected chi connectivity index (χ0v) is 19.4. The van der Waals surface area contributed by atoms with E-state index in [-0.39, 0.29) is 29.5 Å². The molecule has 0 aromatic heterocycles. The van der Waals surface area contributed by atoms with E-state index in [1.165, 1.54) is 23.1 Å². The molecule has 2 aromatic rings. The number of aliphatic hydroxyl groups excluding tert-OH is 1.